The van der Waals surface area contributed by atoms with Crippen LogP contribution in [0.2, 0.25) is 0 Å². The van der Waals surface area contributed by atoms with E-state index in [0.717, 1.165) is 12.1 Å². The second-order valence-corrected chi connectivity index (χ2v) is 5.18. The third-order valence-corrected chi connectivity index (χ3v) is 3.65. The molecule has 1 aromatic carbocycles. The molecule has 0 bridgehead atoms. The summed E-state index contributed by atoms with van der Waals surface area (Å²) in [5.74, 6) is -2.05. The molecule has 0 N–H and O–H groups in total. The van der Waals surface area contributed by atoms with Crippen molar-refractivity contribution in [3.8, 4) is 0 Å². The fourth-order valence-electron chi connectivity index (χ4n) is 2.49. The van der Waals surface area contributed by atoms with E-state index in [9.17, 15) is 22.8 Å². The van der Waals surface area contributed by atoms with Crippen LogP contribution in [0.3, 0.4) is 0 Å². The van der Waals surface area contributed by atoms with E-state index in [1.807, 2.05) is 0 Å². The van der Waals surface area contributed by atoms with Crippen LogP contribution < -0.4 is 10.6 Å². The molecule has 1 aromatic heterocycles. The highest BCUT2D eigenvalue weighted by atomic mass is 19.4. The summed E-state index contributed by atoms with van der Waals surface area (Å²) in [7, 11) is 1.13. The van der Waals surface area contributed by atoms with Gasteiger partial charge in [-0.05, 0) is 18.6 Å². The lowest BCUT2D eigenvalue weighted by Gasteiger charge is -2.17. The van der Waals surface area contributed by atoms with E-state index >= 15 is 0 Å². The number of esters is 1. The van der Waals surface area contributed by atoms with Crippen molar-refractivity contribution < 1.29 is 22.7 Å². The predicted octanol–water partition coefficient (Wildman–Crippen LogP) is 1.22. The number of methoxy groups -OCH3 is 1. The highest BCUT2D eigenvalue weighted by Crippen LogP contribution is 2.30. The summed E-state index contributed by atoms with van der Waals surface area (Å²) in [5.41, 5.74) is -0.374. The van der Waals surface area contributed by atoms with Gasteiger partial charge in [-0.3, -0.25) is 9.80 Å². The monoisotopic (exact) mass is 327 g/mol. The average molecular weight is 327 g/mol. The van der Waals surface area contributed by atoms with Crippen LogP contribution >= 0.6 is 0 Å². The number of hydrogen-bond acceptors (Lipinski definition) is 5. The summed E-state index contributed by atoms with van der Waals surface area (Å²) in [6.07, 6.45) is -4.83. The van der Waals surface area contributed by atoms with Gasteiger partial charge in [0, 0.05) is 0 Å². The molecule has 23 heavy (non-hydrogen) atoms. The Kier molecular flexibility index (Phi) is 3.31. The minimum absolute atomic E-state index is 0.0324. The third kappa shape index (κ3) is 2.41. The van der Waals surface area contributed by atoms with E-state index in [2.05, 4.69) is 9.72 Å². The topological polar surface area (TPSA) is 64.2 Å². The van der Waals surface area contributed by atoms with Gasteiger partial charge in [0.25, 0.3) is 5.56 Å². The van der Waals surface area contributed by atoms with Crippen molar-refractivity contribution in [3.63, 3.8) is 0 Å². The molecule has 1 aliphatic rings. The van der Waals surface area contributed by atoms with Crippen LogP contribution in [0.25, 0.3) is 10.9 Å². The Morgan fingerprint density at radius 2 is 2.09 bits per heavy atom. The molecule has 6 nitrogen and oxygen atoms in total. The van der Waals surface area contributed by atoms with Crippen molar-refractivity contribution in [2.24, 2.45) is 0 Å². The number of benzene rings is 1. The number of hydrogen-bond donors (Lipinski definition) is 0. The van der Waals surface area contributed by atoms with E-state index in [0.29, 0.717) is 10.2 Å². The maximum absolute atomic E-state index is 13.3. The van der Waals surface area contributed by atoms with Gasteiger partial charge in [0.15, 0.2) is 6.04 Å². The first-order valence-electron chi connectivity index (χ1n) is 6.70. The summed E-state index contributed by atoms with van der Waals surface area (Å²) < 4.78 is 44.8. The van der Waals surface area contributed by atoms with Crippen LogP contribution in [0.1, 0.15) is 11.4 Å². The summed E-state index contributed by atoms with van der Waals surface area (Å²) in [5, 5.41) is 1.09. The normalized spacial score (nSPS) is 17.4. The molecule has 1 saturated heterocycles. The third-order valence-electron chi connectivity index (χ3n) is 3.65. The number of nitrogens with zero attached hydrogens (tertiary/aromatic N) is 3. The van der Waals surface area contributed by atoms with Gasteiger partial charge in [0.05, 0.1) is 24.6 Å². The van der Waals surface area contributed by atoms with Crippen molar-refractivity contribution in [1.82, 2.24) is 9.66 Å². The zero-order valence-corrected chi connectivity index (χ0v) is 12.2. The summed E-state index contributed by atoms with van der Waals surface area (Å²) in [6, 6.07) is 3.58. The Morgan fingerprint density at radius 3 is 2.70 bits per heavy atom. The molecule has 2 aromatic rings. The maximum Gasteiger partial charge on any atom is 0.451 e. The number of rotatable bonds is 2. The zero-order chi connectivity index (χ0) is 16.9. The van der Waals surface area contributed by atoms with E-state index in [4.69, 9.17) is 0 Å². The molecule has 122 valence electrons. The van der Waals surface area contributed by atoms with Gasteiger partial charge in [0.2, 0.25) is 5.82 Å². The molecule has 1 aliphatic heterocycles. The number of carbonyl (C=O) groups excluding carboxylic acids is 1. The van der Waals surface area contributed by atoms with Crippen LogP contribution in [0.15, 0.2) is 23.0 Å². The van der Waals surface area contributed by atoms with Crippen LogP contribution in [0.4, 0.5) is 13.2 Å². The quantitative estimate of drug-likeness (QED) is 0.613. The van der Waals surface area contributed by atoms with Gasteiger partial charge in [-0.15, -0.1) is 0 Å². The van der Waals surface area contributed by atoms with Gasteiger partial charge in [0.1, 0.15) is 0 Å². The minimum atomic E-state index is -4.83. The molecule has 0 spiro atoms. The number of aromatic nitrogens is 2. The molecular formula is C14H12F3N3O3. The summed E-state index contributed by atoms with van der Waals surface area (Å²) >= 11 is 0. The first-order chi connectivity index (χ1) is 10.8. The van der Waals surface area contributed by atoms with Gasteiger partial charge in [-0.2, -0.15) is 17.8 Å². The Labute approximate surface area is 128 Å². The summed E-state index contributed by atoms with van der Waals surface area (Å²) in [6.45, 7) is 1.58. The van der Waals surface area contributed by atoms with Gasteiger partial charge >= 0.3 is 12.1 Å². The van der Waals surface area contributed by atoms with Crippen molar-refractivity contribution in [3.05, 3.63) is 39.9 Å². The van der Waals surface area contributed by atoms with Crippen LogP contribution in [-0.2, 0) is 15.7 Å². The Morgan fingerprint density at radius 1 is 1.39 bits per heavy atom. The fraction of sp³-hybridized carbons (Fsp3) is 0.357. The molecule has 0 amide bonds. The van der Waals surface area contributed by atoms with Crippen LogP contribution in [0.5, 0.6) is 0 Å². The number of aryl methyl sites for hydroxylation is 1. The second-order valence-electron chi connectivity index (χ2n) is 5.18. The molecule has 1 fully saturated rings. The molecule has 0 saturated carbocycles. The molecular weight excluding hydrogens is 315 g/mol. The Balaban J connectivity index is 2.27. The number of ether oxygens (including phenoxy) is 1. The maximum atomic E-state index is 13.3. The first-order valence-corrected chi connectivity index (χ1v) is 6.70. The highest BCUT2D eigenvalue weighted by molar-refractivity contribution is 5.84. The second kappa shape index (κ2) is 4.97. The van der Waals surface area contributed by atoms with Gasteiger partial charge in [-0.25, -0.2) is 9.78 Å². The summed E-state index contributed by atoms with van der Waals surface area (Å²) in [4.78, 5) is 27.7. The van der Waals surface area contributed by atoms with Crippen molar-refractivity contribution in [1.29, 1.82) is 0 Å². The predicted molar refractivity (Wildman–Crippen MR) is 74.6 cm³/mol. The van der Waals surface area contributed by atoms with Crippen LogP contribution in [-0.4, -0.2) is 35.3 Å². The molecule has 1 unspecified atom stereocenters. The van der Waals surface area contributed by atoms with Gasteiger partial charge < -0.3 is 4.74 Å². The smallest absolute Gasteiger partial charge is 0.451 e. The van der Waals surface area contributed by atoms with Crippen molar-refractivity contribution >= 4 is 16.9 Å². The molecule has 0 aliphatic carbocycles. The number of halogens is 3. The van der Waals surface area contributed by atoms with E-state index in [1.54, 1.807) is 13.0 Å². The van der Waals surface area contributed by atoms with E-state index in [1.165, 1.54) is 12.1 Å². The highest BCUT2D eigenvalue weighted by Gasteiger charge is 2.48. The number of alkyl halides is 3. The standard InChI is InChI=1S/C14H12F3N3O3/c1-7-4-3-5-8-10(7)11(21)20(13(18-8)14(15,16)17)19-6-9(19)12(22)23-2/h3-5,9H,6H2,1-2H3. The Bertz CT molecular complexity index is 860. The van der Waals surface area contributed by atoms with Crippen molar-refractivity contribution in [2.45, 2.75) is 19.1 Å². The fourth-order valence-corrected chi connectivity index (χ4v) is 2.49. The first kappa shape index (κ1) is 15.3. The lowest BCUT2D eigenvalue weighted by atomic mass is 10.1. The molecule has 9 heteroatoms. The Hall–Kier alpha value is -2.58. The molecule has 2 heterocycles. The molecule has 1 atom stereocenters. The molecule has 3 rings (SSSR count). The van der Waals surface area contributed by atoms with E-state index in [-0.39, 0.29) is 17.4 Å². The molecule has 0 radical (unpaired) electrons. The average Bonchev–Trinajstić information content (AvgIpc) is 3.25. The lowest BCUT2D eigenvalue weighted by molar-refractivity contribution is -0.148. The minimum Gasteiger partial charge on any atom is -0.467 e. The van der Waals surface area contributed by atoms with Gasteiger partial charge in [-0.1, -0.05) is 12.1 Å². The van der Waals surface area contributed by atoms with E-state index < -0.39 is 29.6 Å². The largest absolute Gasteiger partial charge is 0.467 e. The number of carbonyl (C=O) groups is 1. The zero-order valence-electron chi connectivity index (χ0n) is 12.2. The lowest BCUT2D eigenvalue weighted by Crippen LogP contribution is -2.38. The van der Waals surface area contributed by atoms with Crippen molar-refractivity contribution in [2.75, 3.05) is 18.7 Å². The van der Waals surface area contributed by atoms with Crippen LogP contribution in [0, 0.1) is 6.92 Å². The number of fused-ring (bicyclic) bond motifs is 1. The SMILES string of the molecule is COC(=O)C1CN1n1c(C(F)(F)F)nc2cccc(C)c2c1=O.